The van der Waals surface area contributed by atoms with Gasteiger partial charge in [-0.05, 0) is 13.1 Å². The zero-order chi connectivity index (χ0) is 14.6. The molecule has 3 aromatic rings. The van der Waals surface area contributed by atoms with Crippen LogP contribution in [-0.4, -0.2) is 50.7 Å². The Morgan fingerprint density at radius 3 is 3.05 bits per heavy atom. The van der Waals surface area contributed by atoms with Crippen molar-refractivity contribution in [2.24, 2.45) is 0 Å². The highest BCUT2D eigenvalue weighted by atomic mass is 35.5. The van der Waals surface area contributed by atoms with Crippen LogP contribution in [0.5, 0.6) is 0 Å². The summed E-state index contributed by atoms with van der Waals surface area (Å²) in [4.78, 5) is 21.0. The van der Waals surface area contributed by atoms with Gasteiger partial charge in [0.15, 0.2) is 11.5 Å². The van der Waals surface area contributed by atoms with Crippen LogP contribution >= 0.6 is 11.6 Å². The summed E-state index contributed by atoms with van der Waals surface area (Å²) in [6.07, 6.45) is 1.59. The van der Waals surface area contributed by atoms with Crippen LogP contribution in [0.3, 0.4) is 0 Å². The van der Waals surface area contributed by atoms with Crippen LogP contribution < -0.4 is 15.8 Å². The molecule has 0 saturated carbocycles. The molecule has 0 spiro atoms. The lowest BCUT2D eigenvalue weighted by molar-refractivity contribution is 0.448. The number of pyridine rings is 1. The second kappa shape index (κ2) is 4.40. The van der Waals surface area contributed by atoms with Gasteiger partial charge in [-0.25, -0.2) is 4.98 Å². The molecule has 8 nitrogen and oxygen atoms in total. The normalized spacial score (nSPS) is 15.8. The lowest BCUT2D eigenvalue weighted by Crippen LogP contribution is -2.57. The first kappa shape index (κ1) is 12.5. The number of nitrogens with one attached hydrogen (secondary N) is 2. The van der Waals surface area contributed by atoms with Crippen LogP contribution in [0.15, 0.2) is 17.2 Å². The average Bonchev–Trinajstić information content (AvgIpc) is 2.89. The molecule has 1 aliphatic rings. The zero-order valence-electron chi connectivity index (χ0n) is 11.2. The molecule has 1 aliphatic heterocycles. The highest BCUT2D eigenvalue weighted by Gasteiger charge is 2.29. The maximum absolute atomic E-state index is 11.7. The summed E-state index contributed by atoms with van der Waals surface area (Å²) in [7, 11) is 1.93. The van der Waals surface area contributed by atoms with Crippen molar-refractivity contribution in [2.75, 3.05) is 25.0 Å². The Balaban J connectivity index is 1.96. The zero-order valence-corrected chi connectivity index (χ0v) is 11.9. The molecule has 0 amide bonds. The molecule has 0 unspecified atom stereocenters. The van der Waals surface area contributed by atoms with Crippen molar-refractivity contribution in [1.29, 1.82) is 0 Å². The van der Waals surface area contributed by atoms with E-state index in [1.165, 1.54) is 0 Å². The second-order valence-electron chi connectivity index (χ2n) is 5.03. The minimum atomic E-state index is -0.355. The van der Waals surface area contributed by atoms with Gasteiger partial charge in [0.1, 0.15) is 11.3 Å². The first-order valence-corrected chi connectivity index (χ1v) is 6.89. The summed E-state index contributed by atoms with van der Waals surface area (Å²) >= 11 is 5.89. The lowest BCUT2D eigenvalue weighted by atomic mass is 10.1. The molecular formula is C12H12ClN7O. The fraction of sp³-hybridized carbons (Fsp3) is 0.333. The lowest BCUT2D eigenvalue weighted by Gasteiger charge is -2.39. The van der Waals surface area contributed by atoms with E-state index in [0.717, 1.165) is 13.1 Å². The predicted molar refractivity (Wildman–Crippen MR) is 79.0 cm³/mol. The maximum Gasteiger partial charge on any atom is 0.268 e. The number of H-pyrrole nitrogens is 1. The van der Waals surface area contributed by atoms with Crippen molar-refractivity contribution in [3.05, 3.63) is 27.8 Å². The minimum Gasteiger partial charge on any atom is -0.350 e. The third-order valence-corrected chi connectivity index (χ3v) is 4.05. The van der Waals surface area contributed by atoms with E-state index >= 15 is 0 Å². The van der Waals surface area contributed by atoms with Crippen LogP contribution in [0, 0.1) is 0 Å². The molecule has 0 radical (unpaired) electrons. The molecular weight excluding hydrogens is 294 g/mol. The van der Waals surface area contributed by atoms with Crippen molar-refractivity contribution in [1.82, 2.24) is 29.9 Å². The number of fused-ring (bicyclic) bond motifs is 3. The van der Waals surface area contributed by atoms with E-state index < -0.39 is 0 Å². The molecule has 108 valence electrons. The van der Waals surface area contributed by atoms with E-state index in [-0.39, 0.29) is 10.6 Å². The number of rotatable bonds is 2. The highest BCUT2D eigenvalue weighted by molar-refractivity contribution is 6.30. The standard InChI is InChI=1S/C12H12ClN7O/c1-14-6-3-19(4-6)10-11-18-15-5-20(11)8-2-7(13)12(21)17-9(8)16-10/h2,5-6,14H,3-4H2,1H3,(H,17,21). The molecule has 2 N–H and O–H groups in total. The first-order valence-electron chi connectivity index (χ1n) is 6.52. The van der Waals surface area contributed by atoms with Crippen molar-refractivity contribution in [2.45, 2.75) is 6.04 Å². The van der Waals surface area contributed by atoms with Gasteiger partial charge in [0.2, 0.25) is 5.65 Å². The third-order valence-electron chi connectivity index (χ3n) is 3.77. The van der Waals surface area contributed by atoms with Crippen molar-refractivity contribution >= 4 is 34.2 Å². The van der Waals surface area contributed by atoms with Gasteiger partial charge in [-0.3, -0.25) is 9.20 Å². The van der Waals surface area contributed by atoms with Gasteiger partial charge >= 0.3 is 0 Å². The number of aromatic amines is 1. The largest absolute Gasteiger partial charge is 0.350 e. The van der Waals surface area contributed by atoms with Gasteiger partial charge in [-0.1, -0.05) is 11.6 Å². The minimum absolute atomic E-state index is 0.117. The van der Waals surface area contributed by atoms with Crippen LogP contribution in [0.25, 0.3) is 16.8 Å². The first-order chi connectivity index (χ1) is 10.2. The van der Waals surface area contributed by atoms with Crippen LogP contribution in [-0.2, 0) is 0 Å². The maximum atomic E-state index is 11.7. The number of anilines is 1. The Bertz CT molecular complexity index is 896. The third kappa shape index (κ3) is 1.79. The van der Waals surface area contributed by atoms with Crippen molar-refractivity contribution in [3.8, 4) is 0 Å². The van der Waals surface area contributed by atoms with Gasteiger partial charge in [-0.2, -0.15) is 0 Å². The molecule has 4 heterocycles. The van der Waals surface area contributed by atoms with E-state index in [1.54, 1.807) is 16.8 Å². The second-order valence-corrected chi connectivity index (χ2v) is 5.44. The van der Waals surface area contributed by atoms with Gasteiger partial charge in [-0.15, -0.1) is 10.2 Å². The average molecular weight is 306 g/mol. The van der Waals surface area contributed by atoms with Gasteiger partial charge < -0.3 is 15.2 Å². The number of halogens is 1. The molecule has 4 rings (SSSR count). The van der Waals surface area contributed by atoms with E-state index in [9.17, 15) is 4.79 Å². The molecule has 3 aromatic heterocycles. The molecule has 1 fully saturated rings. The topological polar surface area (TPSA) is 91.2 Å². The summed E-state index contributed by atoms with van der Waals surface area (Å²) in [5.41, 5.74) is 1.44. The van der Waals surface area contributed by atoms with Crippen LogP contribution in [0.1, 0.15) is 0 Å². The molecule has 0 bridgehead atoms. The fourth-order valence-electron chi connectivity index (χ4n) is 2.52. The molecule has 21 heavy (non-hydrogen) atoms. The number of hydrogen-bond acceptors (Lipinski definition) is 6. The summed E-state index contributed by atoms with van der Waals surface area (Å²) in [5, 5.41) is 11.4. The van der Waals surface area contributed by atoms with Crippen LogP contribution in [0.4, 0.5) is 5.82 Å². The smallest absolute Gasteiger partial charge is 0.268 e. The summed E-state index contributed by atoms with van der Waals surface area (Å²) in [6, 6.07) is 2.02. The highest BCUT2D eigenvalue weighted by Crippen LogP contribution is 2.25. The monoisotopic (exact) mass is 305 g/mol. The molecule has 1 saturated heterocycles. The fourth-order valence-corrected chi connectivity index (χ4v) is 2.67. The molecule has 0 aliphatic carbocycles. The van der Waals surface area contributed by atoms with E-state index in [0.29, 0.717) is 28.7 Å². The number of aromatic nitrogens is 5. The SMILES string of the molecule is CNC1CN(c2nc3[nH]c(=O)c(Cl)cc3n3cnnc23)C1. The van der Waals surface area contributed by atoms with E-state index in [4.69, 9.17) is 11.6 Å². The molecule has 9 heteroatoms. The van der Waals surface area contributed by atoms with Crippen molar-refractivity contribution in [3.63, 3.8) is 0 Å². The number of likely N-dealkylation sites (N-methyl/N-ethyl adjacent to an activating group) is 1. The van der Waals surface area contributed by atoms with Gasteiger partial charge in [0.05, 0.1) is 5.52 Å². The van der Waals surface area contributed by atoms with Crippen molar-refractivity contribution < 1.29 is 0 Å². The summed E-state index contributed by atoms with van der Waals surface area (Å²) in [5.74, 6) is 0.712. The summed E-state index contributed by atoms with van der Waals surface area (Å²) in [6.45, 7) is 1.69. The quantitative estimate of drug-likeness (QED) is 0.694. The summed E-state index contributed by atoms with van der Waals surface area (Å²) < 4.78 is 1.78. The van der Waals surface area contributed by atoms with Crippen LogP contribution in [0.2, 0.25) is 5.02 Å². The Hall–Kier alpha value is -2.19. The van der Waals surface area contributed by atoms with E-state index in [1.807, 2.05) is 7.05 Å². The Morgan fingerprint density at radius 2 is 2.29 bits per heavy atom. The van der Waals surface area contributed by atoms with E-state index in [2.05, 4.69) is 30.4 Å². The predicted octanol–water partition coefficient (Wildman–Crippen LogP) is 0.0272. The molecule has 0 atom stereocenters. The molecule has 0 aromatic carbocycles. The Kier molecular flexibility index (Phi) is 2.63. The number of nitrogens with zero attached hydrogens (tertiary/aromatic N) is 5. The number of hydrogen-bond donors (Lipinski definition) is 2. The van der Waals surface area contributed by atoms with Gasteiger partial charge in [0.25, 0.3) is 5.56 Å². The Labute approximate surface area is 123 Å². The Morgan fingerprint density at radius 1 is 1.48 bits per heavy atom. The van der Waals surface area contributed by atoms with Gasteiger partial charge in [0, 0.05) is 19.1 Å².